The molecule has 2 unspecified atom stereocenters. The Bertz CT molecular complexity index is 362. The van der Waals surface area contributed by atoms with Gasteiger partial charge in [-0.2, -0.15) is 0 Å². The number of hydrogen-bond donors (Lipinski definition) is 1. The molecule has 3 nitrogen and oxygen atoms in total. The smallest absolute Gasteiger partial charge is 0.0605 e. The maximum atomic E-state index is 4.55. The zero-order valence-corrected chi connectivity index (χ0v) is 11.1. The van der Waals surface area contributed by atoms with Crippen molar-refractivity contribution in [3.05, 3.63) is 29.6 Å². The minimum Gasteiger partial charge on any atom is -0.307 e. The van der Waals surface area contributed by atoms with Crippen molar-refractivity contribution in [1.82, 2.24) is 15.2 Å². The van der Waals surface area contributed by atoms with Crippen LogP contribution in [0, 0.1) is 0 Å². The Balaban J connectivity index is 1.99. The molecule has 1 N–H and O–H groups in total. The van der Waals surface area contributed by atoms with E-state index in [0.717, 1.165) is 6.54 Å². The van der Waals surface area contributed by atoms with E-state index in [4.69, 9.17) is 0 Å². The van der Waals surface area contributed by atoms with E-state index in [1.54, 1.807) is 0 Å². The highest BCUT2D eigenvalue weighted by Gasteiger charge is 2.21. The van der Waals surface area contributed by atoms with Gasteiger partial charge in [-0.15, -0.1) is 0 Å². The molecule has 0 fully saturated rings. The van der Waals surface area contributed by atoms with Gasteiger partial charge in [-0.05, 0) is 51.9 Å². The molecular weight excluding hydrogens is 210 g/mol. The van der Waals surface area contributed by atoms with Gasteiger partial charge in [0.25, 0.3) is 0 Å². The standard InChI is InChI=1S/C14H23N3/c1-11(17(2)3)10-16-13-8-4-6-12-7-5-9-15-14(12)13/h5,7,9,11,13,16H,4,6,8,10H2,1-3H3. The lowest BCUT2D eigenvalue weighted by Gasteiger charge is -2.28. The predicted molar refractivity (Wildman–Crippen MR) is 71.1 cm³/mol. The van der Waals surface area contributed by atoms with E-state index in [1.165, 1.54) is 30.5 Å². The second-order valence-corrected chi connectivity index (χ2v) is 5.21. The summed E-state index contributed by atoms with van der Waals surface area (Å²) in [6, 6.07) is 5.27. The third kappa shape index (κ3) is 3.05. The zero-order valence-electron chi connectivity index (χ0n) is 11.1. The SMILES string of the molecule is CC(CNC1CCCc2cccnc21)N(C)C. The highest BCUT2D eigenvalue weighted by molar-refractivity contribution is 5.25. The highest BCUT2D eigenvalue weighted by Crippen LogP contribution is 2.27. The topological polar surface area (TPSA) is 28.2 Å². The van der Waals surface area contributed by atoms with Gasteiger partial charge in [-0.3, -0.25) is 4.98 Å². The summed E-state index contributed by atoms with van der Waals surface area (Å²) in [5, 5.41) is 3.65. The summed E-state index contributed by atoms with van der Waals surface area (Å²) in [5.41, 5.74) is 2.69. The first-order valence-corrected chi connectivity index (χ1v) is 6.52. The van der Waals surface area contributed by atoms with Crippen LogP contribution < -0.4 is 5.32 Å². The molecule has 2 atom stereocenters. The van der Waals surface area contributed by atoms with Gasteiger partial charge in [0.2, 0.25) is 0 Å². The van der Waals surface area contributed by atoms with Crippen molar-refractivity contribution in [3.8, 4) is 0 Å². The fourth-order valence-corrected chi connectivity index (χ4v) is 2.30. The minimum atomic E-state index is 0.447. The van der Waals surface area contributed by atoms with Crippen LogP contribution in [-0.2, 0) is 6.42 Å². The molecule has 3 heteroatoms. The summed E-state index contributed by atoms with van der Waals surface area (Å²) in [6.07, 6.45) is 5.58. The molecule has 1 aromatic heterocycles. The van der Waals surface area contributed by atoms with E-state index >= 15 is 0 Å². The van der Waals surface area contributed by atoms with Crippen LogP contribution in [-0.4, -0.2) is 36.6 Å². The molecule has 17 heavy (non-hydrogen) atoms. The maximum Gasteiger partial charge on any atom is 0.0605 e. The summed E-state index contributed by atoms with van der Waals surface area (Å²) in [7, 11) is 4.25. The van der Waals surface area contributed by atoms with Crippen molar-refractivity contribution >= 4 is 0 Å². The first kappa shape index (κ1) is 12.5. The van der Waals surface area contributed by atoms with Crippen LogP contribution in [0.3, 0.4) is 0 Å². The Morgan fingerprint density at radius 1 is 1.53 bits per heavy atom. The number of likely N-dealkylation sites (N-methyl/N-ethyl adjacent to an activating group) is 1. The number of nitrogens with zero attached hydrogens (tertiary/aromatic N) is 2. The predicted octanol–water partition coefficient (Wildman–Crippen LogP) is 2.00. The number of aryl methyl sites for hydroxylation is 1. The second kappa shape index (κ2) is 5.61. The third-order valence-corrected chi connectivity index (χ3v) is 3.74. The Kier molecular flexibility index (Phi) is 4.13. The van der Waals surface area contributed by atoms with Gasteiger partial charge in [0.05, 0.1) is 5.69 Å². The van der Waals surface area contributed by atoms with E-state index in [0.29, 0.717) is 12.1 Å². The second-order valence-electron chi connectivity index (χ2n) is 5.21. The lowest BCUT2D eigenvalue weighted by molar-refractivity contribution is 0.287. The molecular formula is C14H23N3. The van der Waals surface area contributed by atoms with Crippen LogP contribution in [0.25, 0.3) is 0 Å². The third-order valence-electron chi connectivity index (χ3n) is 3.74. The number of nitrogens with one attached hydrogen (secondary N) is 1. The van der Waals surface area contributed by atoms with Gasteiger partial charge in [-0.25, -0.2) is 0 Å². The molecule has 1 aliphatic rings. The largest absolute Gasteiger partial charge is 0.307 e. The van der Waals surface area contributed by atoms with E-state index in [2.05, 4.69) is 42.3 Å². The molecule has 0 aliphatic heterocycles. The first-order valence-electron chi connectivity index (χ1n) is 6.52. The van der Waals surface area contributed by atoms with Gasteiger partial charge in [0.15, 0.2) is 0 Å². The fraction of sp³-hybridized carbons (Fsp3) is 0.643. The van der Waals surface area contributed by atoms with Gasteiger partial charge in [-0.1, -0.05) is 6.07 Å². The molecule has 1 heterocycles. The Morgan fingerprint density at radius 2 is 2.35 bits per heavy atom. The molecule has 0 amide bonds. The summed E-state index contributed by atoms with van der Waals surface area (Å²) in [5.74, 6) is 0. The minimum absolute atomic E-state index is 0.447. The molecule has 0 saturated heterocycles. The highest BCUT2D eigenvalue weighted by atomic mass is 15.1. The monoisotopic (exact) mass is 233 g/mol. The van der Waals surface area contributed by atoms with Crippen molar-refractivity contribution in [2.45, 2.75) is 38.3 Å². The maximum absolute atomic E-state index is 4.55. The van der Waals surface area contributed by atoms with Crippen LogP contribution in [0.15, 0.2) is 18.3 Å². The summed E-state index contributed by atoms with van der Waals surface area (Å²) in [6.45, 7) is 3.27. The number of rotatable bonds is 4. The Morgan fingerprint density at radius 3 is 3.12 bits per heavy atom. The van der Waals surface area contributed by atoms with E-state index in [1.807, 2.05) is 12.3 Å². The van der Waals surface area contributed by atoms with Crippen LogP contribution in [0.1, 0.15) is 37.1 Å². The molecule has 1 aliphatic carbocycles. The van der Waals surface area contributed by atoms with Crippen molar-refractivity contribution in [3.63, 3.8) is 0 Å². The summed E-state index contributed by atoms with van der Waals surface area (Å²) >= 11 is 0. The van der Waals surface area contributed by atoms with Gasteiger partial charge >= 0.3 is 0 Å². The average molecular weight is 233 g/mol. The fourth-order valence-electron chi connectivity index (χ4n) is 2.30. The van der Waals surface area contributed by atoms with E-state index < -0.39 is 0 Å². The van der Waals surface area contributed by atoms with Gasteiger partial charge in [0.1, 0.15) is 0 Å². The van der Waals surface area contributed by atoms with Crippen LogP contribution in [0.2, 0.25) is 0 Å². The number of pyridine rings is 1. The van der Waals surface area contributed by atoms with Crippen LogP contribution >= 0.6 is 0 Å². The molecule has 2 rings (SSSR count). The van der Waals surface area contributed by atoms with Gasteiger partial charge in [0, 0.05) is 24.8 Å². The first-order chi connectivity index (χ1) is 8.18. The molecule has 94 valence electrons. The molecule has 0 bridgehead atoms. The van der Waals surface area contributed by atoms with E-state index in [-0.39, 0.29) is 0 Å². The van der Waals surface area contributed by atoms with E-state index in [9.17, 15) is 0 Å². The number of hydrogen-bond acceptors (Lipinski definition) is 3. The number of aromatic nitrogens is 1. The number of fused-ring (bicyclic) bond motifs is 1. The molecule has 1 aromatic rings. The molecule has 0 spiro atoms. The zero-order chi connectivity index (χ0) is 12.3. The molecule has 0 saturated carbocycles. The molecule has 0 radical (unpaired) electrons. The molecule has 0 aromatic carbocycles. The lowest BCUT2D eigenvalue weighted by Crippen LogP contribution is -2.38. The van der Waals surface area contributed by atoms with Crippen LogP contribution in [0.5, 0.6) is 0 Å². The van der Waals surface area contributed by atoms with Crippen molar-refractivity contribution in [2.75, 3.05) is 20.6 Å². The summed E-state index contributed by atoms with van der Waals surface area (Å²) in [4.78, 5) is 6.79. The Labute approximate surface area is 104 Å². The van der Waals surface area contributed by atoms with Crippen LogP contribution in [0.4, 0.5) is 0 Å². The van der Waals surface area contributed by atoms with Gasteiger partial charge < -0.3 is 10.2 Å². The normalized spacial score (nSPS) is 21.3. The lowest BCUT2D eigenvalue weighted by atomic mass is 9.92. The van der Waals surface area contributed by atoms with Crippen molar-refractivity contribution in [2.24, 2.45) is 0 Å². The quantitative estimate of drug-likeness (QED) is 0.862. The summed E-state index contributed by atoms with van der Waals surface area (Å²) < 4.78 is 0. The Hall–Kier alpha value is -0.930. The van der Waals surface area contributed by atoms with Crippen molar-refractivity contribution in [1.29, 1.82) is 0 Å². The van der Waals surface area contributed by atoms with Crippen molar-refractivity contribution < 1.29 is 0 Å². The average Bonchev–Trinajstić information content (AvgIpc) is 2.35.